The lowest BCUT2D eigenvalue weighted by Gasteiger charge is -2.31. The molecule has 1 unspecified atom stereocenters. The Kier molecular flexibility index (Phi) is 3.19. The first-order valence-electron chi connectivity index (χ1n) is 7.44. The van der Waals surface area contributed by atoms with E-state index in [2.05, 4.69) is 4.98 Å². The van der Waals surface area contributed by atoms with Crippen molar-refractivity contribution >= 4 is 16.7 Å². The molecule has 0 fully saturated rings. The number of aromatic nitrogens is 2. The predicted molar refractivity (Wildman–Crippen MR) is 82.4 cm³/mol. The molecule has 2 aromatic rings. The number of rotatable bonds is 1. The summed E-state index contributed by atoms with van der Waals surface area (Å²) in [6.07, 6.45) is 2.38. The third-order valence-corrected chi connectivity index (χ3v) is 4.11. The molecule has 1 aromatic carbocycles. The van der Waals surface area contributed by atoms with Crippen molar-refractivity contribution in [3.63, 3.8) is 0 Å². The quantitative estimate of drug-likeness (QED) is 0.809. The molecule has 3 rings (SSSR count). The fraction of sp³-hybridized carbons (Fsp3) is 0.471. The number of benzene rings is 1. The number of carbonyl (C=O) groups is 1. The van der Waals surface area contributed by atoms with E-state index in [0.717, 1.165) is 30.6 Å². The van der Waals surface area contributed by atoms with Crippen molar-refractivity contribution < 1.29 is 4.79 Å². The van der Waals surface area contributed by atoms with Gasteiger partial charge in [-0.05, 0) is 25.0 Å². The minimum absolute atomic E-state index is 0.0853. The fourth-order valence-corrected chi connectivity index (χ4v) is 3.02. The first-order valence-corrected chi connectivity index (χ1v) is 7.44. The van der Waals surface area contributed by atoms with E-state index in [0.29, 0.717) is 5.39 Å². The summed E-state index contributed by atoms with van der Waals surface area (Å²) in [7, 11) is 0. The lowest BCUT2D eigenvalue weighted by molar-refractivity contribution is -0.130. The third-order valence-electron chi connectivity index (χ3n) is 4.11. The Hall–Kier alpha value is -1.97. The van der Waals surface area contributed by atoms with E-state index in [1.165, 1.54) is 0 Å². The van der Waals surface area contributed by atoms with Gasteiger partial charge in [0.25, 0.3) is 5.56 Å². The van der Waals surface area contributed by atoms with Crippen LogP contribution in [0.5, 0.6) is 0 Å². The van der Waals surface area contributed by atoms with Crippen LogP contribution in [0, 0.1) is 5.41 Å². The van der Waals surface area contributed by atoms with Gasteiger partial charge in [-0.2, -0.15) is 0 Å². The van der Waals surface area contributed by atoms with Crippen LogP contribution in [0.3, 0.4) is 0 Å². The molecule has 1 aliphatic heterocycles. The molecular formula is C17H20N2O2. The summed E-state index contributed by atoms with van der Waals surface area (Å²) in [5.41, 5.74) is 0.181. The van der Waals surface area contributed by atoms with Crippen molar-refractivity contribution in [2.24, 2.45) is 5.41 Å². The van der Waals surface area contributed by atoms with Crippen LogP contribution in [0.25, 0.3) is 10.9 Å². The van der Waals surface area contributed by atoms with Crippen LogP contribution in [0.2, 0.25) is 0 Å². The molecule has 0 aliphatic carbocycles. The molecule has 110 valence electrons. The maximum absolute atomic E-state index is 12.8. The van der Waals surface area contributed by atoms with Crippen LogP contribution in [0.4, 0.5) is 0 Å². The summed E-state index contributed by atoms with van der Waals surface area (Å²) in [5.74, 6) is 0.857. The fourth-order valence-electron chi connectivity index (χ4n) is 3.02. The van der Waals surface area contributed by atoms with Crippen molar-refractivity contribution in [1.82, 2.24) is 9.55 Å². The van der Waals surface area contributed by atoms with Gasteiger partial charge in [0, 0.05) is 11.8 Å². The number of ketones is 1. The third kappa shape index (κ3) is 2.28. The highest BCUT2D eigenvalue weighted by molar-refractivity contribution is 5.88. The van der Waals surface area contributed by atoms with Gasteiger partial charge in [-0.15, -0.1) is 0 Å². The first-order chi connectivity index (χ1) is 9.89. The Balaban J connectivity index is 2.24. The molecular weight excluding hydrogens is 264 g/mol. The van der Waals surface area contributed by atoms with E-state index in [4.69, 9.17) is 0 Å². The zero-order chi connectivity index (χ0) is 15.2. The Morgan fingerprint density at radius 1 is 1.29 bits per heavy atom. The number of fused-ring (bicyclic) bond motifs is 2. The number of nitrogens with zero attached hydrogens (tertiary/aromatic N) is 2. The lowest BCUT2D eigenvalue weighted by Crippen LogP contribution is -2.40. The number of hydrogen-bond donors (Lipinski definition) is 0. The molecule has 0 saturated carbocycles. The van der Waals surface area contributed by atoms with Crippen LogP contribution in [-0.2, 0) is 11.2 Å². The largest absolute Gasteiger partial charge is 0.297 e. The van der Waals surface area contributed by atoms with Crippen LogP contribution in [-0.4, -0.2) is 15.3 Å². The second-order valence-electron chi connectivity index (χ2n) is 6.74. The van der Waals surface area contributed by atoms with Crippen molar-refractivity contribution in [3.8, 4) is 0 Å². The van der Waals surface area contributed by atoms with Gasteiger partial charge >= 0.3 is 0 Å². The average Bonchev–Trinajstić information content (AvgIpc) is 2.45. The zero-order valence-corrected chi connectivity index (χ0v) is 12.7. The summed E-state index contributed by atoms with van der Waals surface area (Å²) in [4.78, 5) is 30.1. The van der Waals surface area contributed by atoms with Gasteiger partial charge < -0.3 is 0 Å². The smallest absolute Gasteiger partial charge is 0.262 e. The van der Waals surface area contributed by atoms with E-state index in [1.54, 1.807) is 10.6 Å². The van der Waals surface area contributed by atoms with Crippen LogP contribution in [0.1, 0.15) is 45.5 Å². The van der Waals surface area contributed by atoms with E-state index in [1.807, 2.05) is 39.0 Å². The van der Waals surface area contributed by atoms with Crippen molar-refractivity contribution in [2.45, 2.75) is 46.1 Å². The molecule has 1 atom stereocenters. The van der Waals surface area contributed by atoms with Gasteiger partial charge in [0.05, 0.1) is 16.9 Å². The van der Waals surface area contributed by atoms with E-state index in [-0.39, 0.29) is 17.4 Å². The maximum Gasteiger partial charge on any atom is 0.262 e. The highest BCUT2D eigenvalue weighted by Gasteiger charge is 2.34. The topological polar surface area (TPSA) is 52.0 Å². The molecule has 2 heterocycles. The highest BCUT2D eigenvalue weighted by atomic mass is 16.1. The number of aryl methyl sites for hydroxylation is 1. The van der Waals surface area contributed by atoms with Gasteiger partial charge in [-0.3, -0.25) is 14.2 Å². The van der Waals surface area contributed by atoms with E-state index < -0.39 is 5.41 Å². The van der Waals surface area contributed by atoms with Gasteiger partial charge in [0.1, 0.15) is 5.82 Å². The van der Waals surface area contributed by atoms with Gasteiger partial charge in [0.2, 0.25) is 0 Å². The minimum Gasteiger partial charge on any atom is -0.297 e. The molecule has 0 spiro atoms. The number of para-hydroxylation sites is 1. The number of hydrogen-bond acceptors (Lipinski definition) is 3. The summed E-state index contributed by atoms with van der Waals surface area (Å²) in [6.45, 7) is 5.72. The Bertz CT molecular complexity index is 768. The molecule has 0 amide bonds. The monoisotopic (exact) mass is 284 g/mol. The van der Waals surface area contributed by atoms with Crippen molar-refractivity contribution in [1.29, 1.82) is 0 Å². The summed E-state index contributed by atoms with van der Waals surface area (Å²) in [5, 5.41) is 0.592. The van der Waals surface area contributed by atoms with Crippen LogP contribution < -0.4 is 5.56 Å². The molecule has 0 saturated heterocycles. The number of Topliss-reactive ketones (excluding diaryl/α,β-unsaturated/α-hetero) is 1. The molecule has 21 heavy (non-hydrogen) atoms. The Morgan fingerprint density at radius 2 is 2.00 bits per heavy atom. The minimum atomic E-state index is -0.454. The lowest BCUT2D eigenvalue weighted by atomic mass is 9.83. The van der Waals surface area contributed by atoms with Gasteiger partial charge in [-0.25, -0.2) is 4.98 Å². The molecule has 1 aliphatic rings. The maximum atomic E-state index is 12.8. The second kappa shape index (κ2) is 4.79. The average molecular weight is 284 g/mol. The first kappa shape index (κ1) is 14.0. The summed E-state index contributed by atoms with van der Waals surface area (Å²) >= 11 is 0. The van der Waals surface area contributed by atoms with E-state index >= 15 is 0 Å². The van der Waals surface area contributed by atoms with Crippen molar-refractivity contribution in [2.75, 3.05) is 0 Å². The number of carbonyl (C=O) groups excluding carboxylic acids is 1. The molecule has 0 radical (unpaired) electrons. The zero-order valence-electron chi connectivity index (χ0n) is 12.7. The van der Waals surface area contributed by atoms with Crippen LogP contribution >= 0.6 is 0 Å². The summed E-state index contributed by atoms with van der Waals surface area (Å²) < 4.78 is 1.64. The molecule has 1 aromatic heterocycles. The van der Waals surface area contributed by atoms with Crippen LogP contribution in [0.15, 0.2) is 29.1 Å². The normalized spacial score (nSPS) is 18.5. The Labute approximate surface area is 123 Å². The molecule has 4 nitrogen and oxygen atoms in total. The standard InChI is InChI=1S/C17H20N2O2/c1-17(2,3)15(20)13-9-6-10-14-18-12-8-5-4-7-11(12)16(21)19(13)14/h4-5,7-8,13H,6,9-10H2,1-3H3. The predicted octanol–water partition coefficient (Wildman–Crippen LogP) is 2.89. The van der Waals surface area contributed by atoms with Gasteiger partial charge in [-0.1, -0.05) is 32.9 Å². The second-order valence-corrected chi connectivity index (χ2v) is 6.74. The Morgan fingerprint density at radius 3 is 2.71 bits per heavy atom. The van der Waals surface area contributed by atoms with E-state index in [9.17, 15) is 9.59 Å². The SMILES string of the molecule is CC(C)(C)C(=O)C1CCCc2nc3ccccc3c(=O)n21. The van der Waals surface area contributed by atoms with Crippen molar-refractivity contribution in [3.05, 3.63) is 40.4 Å². The molecule has 0 N–H and O–H groups in total. The summed E-state index contributed by atoms with van der Waals surface area (Å²) in [6, 6.07) is 6.98. The molecule has 4 heteroatoms. The highest BCUT2D eigenvalue weighted by Crippen LogP contribution is 2.30. The van der Waals surface area contributed by atoms with Gasteiger partial charge in [0.15, 0.2) is 5.78 Å². The molecule has 0 bridgehead atoms.